The van der Waals surface area contributed by atoms with Gasteiger partial charge in [0.25, 0.3) is 0 Å². The van der Waals surface area contributed by atoms with Crippen molar-refractivity contribution in [2.45, 2.75) is 32.9 Å². The van der Waals surface area contributed by atoms with Gasteiger partial charge in [0.2, 0.25) is 5.91 Å². The number of hydrogen-bond donors (Lipinski definition) is 1. The second-order valence-electron chi connectivity index (χ2n) is 7.92. The van der Waals surface area contributed by atoms with Gasteiger partial charge in [0.1, 0.15) is 0 Å². The van der Waals surface area contributed by atoms with Gasteiger partial charge < -0.3 is 5.32 Å². The number of aromatic nitrogens is 4. The standard InChI is InChI=1S/C25H27N5OS/c1-16-11-12-21(17(2)13-16)30-22(20-9-7-6-8-10-20)14-26-25(30)32-15-23(31)27-24-18(3)28-29(5)19(24)4/h6-14H,15H2,1-5H3,(H,27,31). The van der Waals surface area contributed by atoms with Crippen molar-refractivity contribution in [3.05, 3.63) is 77.2 Å². The highest BCUT2D eigenvalue weighted by Crippen LogP contribution is 2.31. The smallest absolute Gasteiger partial charge is 0.234 e. The van der Waals surface area contributed by atoms with E-state index in [0.717, 1.165) is 44.7 Å². The molecule has 2 aromatic heterocycles. The van der Waals surface area contributed by atoms with E-state index >= 15 is 0 Å². The number of nitrogens with zero attached hydrogens (tertiary/aromatic N) is 4. The maximum atomic E-state index is 12.7. The molecule has 7 heteroatoms. The third-order valence-electron chi connectivity index (χ3n) is 5.50. The normalized spacial score (nSPS) is 11.0. The summed E-state index contributed by atoms with van der Waals surface area (Å²) in [6.45, 7) is 8.04. The van der Waals surface area contributed by atoms with Crippen molar-refractivity contribution in [1.82, 2.24) is 19.3 Å². The fourth-order valence-corrected chi connectivity index (χ4v) is 4.58. The van der Waals surface area contributed by atoms with Crippen molar-refractivity contribution in [2.75, 3.05) is 11.1 Å². The van der Waals surface area contributed by atoms with Crippen LogP contribution in [0.25, 0.3) is 16.9 Å². The van der Waals surface area contributed by atoms with E-state index in [2.05, 4.69) is 64.1 Å². The minimum absolute atomic E-state index is 0.0781. The number of thioether (sulfide) groups is 1. The first kappa shape index (κ1) is 21.9. The molecule has 1 amide bonds. The van der Waals surface area contributed by atoms with Gasteiger partial charge in [0.15, 0.2) is 5.16 Å². The summed E-state index contributed by atoms with van der Waals surface area (Å²) < 4.78 is 3.92. The van der Waals surface area contributed by atoms with Crippen LogP contribution in [-0.4, -0.2) is 31.0 Å². The molecule has 0 aliphatic carbocycles. The molecule has 0 fully saturated rings. The Morgan fingerprint density at radius 1 is 1.06 bits per heavy atom. The Kier molecular flexibility index (Phi) is 6.19. The highest BCUT2D eigenvalue weighted by Gasteiger charge is 2.18. The van der Waals surface area contributed by atoms with Crippen molar-refractivity contribution in [3.63, 3.8) is 0 Å². The first-order chi connectivity index (χ1) is 15.3. The van der Waals surface area contributed by atoms with Crippen LogP contribution in [0, 0.1) is 27.7 Å². The molecule has 0 saturated carbocycles. The van der Waals surface area contributed by atoms with E-state index < -0.39 is 0 Å². The molecular formula is C25H27N5OS. The molecule has 4 rings (SSSR count). The predicted octanol–water partition coefficient (Wildman–Crippen LogP) is 5.24. The Balaban J connectivity index is 1.64. The number of imidazole rings is 1. The lowest BCUT2D eigenvalue weighted by atomic mass is 10.1. The molecule has 2 aromatic carbocycles. The summed E-state index contributed by atoms with van der Waals surface area (Å²) in [5.74, 6) is 0.176. The van der Waals surface area contributed by atoms with E-state index in [0.29, 0.717) is 0 Å². The lowest BCUT2D eigenvalue weighted by Crippen LogP contribution is -2.15. The van der Waals surface area contributed by atoms with E-state index in [1.165, 1.54) is 17.3 Å². The Morgan fingerprint density at radius 3 is 2.47 bits per heavy atom. The van der Waals surface area contributed by atoms with Crippen LogP contribution in [0.3, 0.4) is 0 Å². The second-order valence-corrected chi connectivity index (χ2v) is 8.87. The average Bonchev–Trinajstić information content (AvgIpc) is 3.29. The molecule has 0 spiro atoms. The van der Waals surface area contributed by atoms with Crippen LogP contribution in [0.5, 0.6) is 0 Å². The number of aryl methyl sites for hydroxylation is 4. The predicted molar refractivity (Wildman–Crippen MR) is 131 cm³/mol. The van der Waals surface area contributed by atoms with Crippen molar-refractivity contribution in [2.24, 2.45) is 7.05 Å². The first-order valence-electron chi connectivity index (χ1n) is 10.5. The minimum Gasteiger partial charge on any atom is -0.322 e. The summed E-state index contributed by atoms with van der Waals surface area (Å²) in [5, 5.41) is 8.16. The van der Waals surface area contributed by atoms with Gasteiger partial charge in [-0.15, -0.1) is 0 Å². The molecule has 0 atom stereocenters. The molecule has 0 aliphatic heterocycles. The zero-order valence-electron chi connectivity index (χ0n) is 19.0. The van der Waals surface area contributed by atoms with Gasteiger partial charge in [-0.2, -0.15) is 5.10 Å². The minimum atomic E-state index is -0.0781. The molecule has 0 aliphatic rings. The molecule has 32 heavy (non-hydrogen) atoms. The third-order valence-corrected chi connectivity index (χ3v) is 6.45. The summed E-state index contributed by atoms with van der Waals surface area (Å²) in [7, 11) is 1.87. The third kappa shape index (κ3) is 4.34. The number of hydrogen-bond acceptors (Lipinski definition) is 4. The van der Waals surface area contributed by atoms with Gasteiger partial charge in [-0.3, -0.25) is 14.0 Å². The van der Waals surface area contributed by atoms with Crippen LogP contribution in [0.15, 0.2) is 59.9 Å². The summed E-state index contributed by atoms with van der Waals surface area (Å²) in [5.41, 5.74) is 8.04. The zero-order valence-corrected chi connectivity index (χ0v) is 19.8. The van der Waals surface area contributed by atoms with Gasteiger partial charge in [-0.25, -0.2) is 4.98 Å². The number of anilines is 1. The van der Waals surface area contributed by atoms with E-state index in [1.54, 1.807) is 4.68 Å². The van der Waals surface area contributed by atoms with Crippen LogP contribution < -0.4 is 5.32 Å². The van der Waals surface area contributed by atoms with Crippen molar-refractivity contribution >= 4 is 23.4 Å². The molecule has 4 aromatic rings. The number of amides is 1. The van der Waals surface area contributed by atoms with E-state index in [1.807, 2.05) is 45.3 Å². The summed E-state index contributed by atoms with van der Waals surface area (Å²) >= 11 is 1.43. The van der Waals surface area contributed by atoms with Gasteiger partial charge in [-0.05, 0) is 39.3 Å². The Bertz CT molecular complexity index is 1270. The Morgan fingerprint density at radius 2 is 1.81 bits per heavy atom. The molecule has 1 N–H and O–H groups in total. The molecule has 2 heterocycles. The lowest BCUT2D eigenvalue weighted by Gasteiger charge is -2.15. The van der Waals surface area contributed by atoms with Crippen LogP contribution in [0.4, 0.5) is 5.69 Å². The van der Waals surface area contributed by atoms with Gasteiger partial charge in [-0.1, -0.05) is 59.8 Å². The molecule has 164 valence electrons. The first-order valence-corrected chi connectivity index (χ1v) is 11.5. The van der Waals surface area contributed by atoms with Crippen molar-refractivity contribution in [3.8, 4) is 16.9 Å². The Hall–Kier alpha value is -3.32. The van der Waals surface area contributed by atoms with Crippen molar-refractivity contribution in [1.29, 1.82) is 0 Å². The monoisotopic (exact) mass is 445 g/mol. The van der Waals surface area contributed by atoms with Crippen LogP contribution in [0.1, 0.15) is 22.5 Å². The van der Waals surface area contributed by atoms with Crippen LogP contribution in [-0.2, 0) is 11.8 Å². The number of carbonyl (C=O) groups excluding carboxylic acids is 1. The van der Waals surface area contributed by atoms with Gasteiger partial charge in [0, 0.05) is 12.6 Å². The van der Waals surface area contributed by atoms with Crippen LogP contribution in [0.2, 0.25) is 0 Å². The number of rotatable bonds is 6. The van der Waals surface area contributed by atoms with E-state index in [9.17, 15) is 4.79 Å². The molecular weight excluding hydrogens is 418 g/mol. The summed E-state index contributed by atoms with van der Waals surface area (Å²) in [4.78, 5) is 17.4. The van der Waals surface area contributed by atoms with E-state index in [-0.39, 0.29) is 11.7 Å². The quantitative estimate of drug-likeness (QED) is 0.412. The second kappa shape index (κ2) is 9.04. The lowest BCUT2D eigenvalue weighted by molar-refractivity contribution is -0.113. The SMILES string of the molecule is Cc1ccc(-n2c(-c3ccccc3)cnc2SCC(=O)Nc2c(C)nn(C)c2C)c(C)c1. The van der Waals surface area contributed by atoms with Gasteiger partial charge >= 0.3 is 0 Å². The fraction of sp³-hybridized carbons (Fsp3) is 0.240. The molecule has 0 unspecified atom stereocenters. The largest absolute Gasteiger partial charge is 0.322 e. The topological polar surface area (TPSA) is 64.7 Å². The molecule has 6 nitrogen and oxygen atoms in total. The summed E-state index contributed by atoms with van der Waals surface area (Å²) in [6, 6.07) is 16.6. The fourth-order valence-electron chi connectivity index (χ4n) is 3.80. The molecule has 0 bridgehead atoms. The van der Waals surface area contributed by atoms with Crippen LogP contribution >= 0.6 is 11.8 Å². The maximum Gasteiger partial charge on any atom is 0.234 e. The Labute approximate surface area is 192 Å². The zero-order chi connectivity index (χ0) is 22.8. The summed E-state index contributed by atoms with van der Waals surface area (Å²) in [6.07, 6.45) is 1.88. The highest BCUT2D eigenvalue weighted by molar-refractivity contribution is 7.99. The van der Waals surface area contributed by atoms with Gasteiger partial charge in [0.05, 0.1) is 40.4 Å². The molecule has 0 saturated heterocycles. The number of nitrogens with one attached hydrogen (secondary N) is 1. The number of carbonyl (C=O) groups is 1. The average molecular weight is 446 g/mol. The molecule has 0 radical (unpaired) electrons. The number of benzene rings is 2. The van der Waals surface area contributed by atoms with Crippen molar-refractivity contribution < 1.29 is 4.79 Å². The highest BCUT2D eigenvalue weighted by atomic mass is 32.2. The van der Waals surface area contributed by atoms with E-state index in [4.69, 9.17) is 0 Å². The maximum absolute atomic E-state index is 12.7.